The predicted molar refractivity (Wildman–Crippen MR) is 133 cm³/mol. The third-order valence-corrected chi connectivity index (χ3v) is 6.39. The molecule has 0 bridgehead atoms. The van der Waals surface area contributed by atoms with E-state index in [4.69, 9.17) is 4.74 Å². The maximum atomic E-state index is 13.0. The molecule has 1 unspecified atom stereocenters. The minimum Gasteiger partial charge on any atom is -0.497 e. The topological polar surface area (TPSA) is 82.9 Å². The second-order valence-electron chi connectivity index (χ2n) is 8.83. The Morgan fingerprint density at radius 2 is 1.88 bits per heavy atom. The van der Waals surface area contributed by atoms with Gasteiger partial charge in [-0.2, -0.15) is 0 Å². The molecule has 0 saturated carbocycles. The van der Waals surface area contributed by atoms with E-state index < -0.39 is 6.04 Å². The molecule has 0 radical (unpaired) electrons. The fraction of sp³-hybridized carbons (Fsp3) is 0.400. The maximum absolute atomic E-state index is 13.0. The van der Waals surface area contributed by atoms with Gasteiger partial charge in [0.25, 0.3) is 0 Å². The van der Waals surface area contributed by atoms with Crippen LogP contribution in [-0.4, -0.2) is 84.6 Å². The van der Waals surface area contributed by atoms with Crippen LogP contribution in [0.2, 0.25) is 0 Å². The number of nitrogens with zero attached hydrogens (tertiary/aromatic N) is 5. The lowest BCUT2D eigenvalue weighted by atomic mass is 10.1. The Balaban J connectivity index is 1.46. The van der Waals surface area contributed by atoms with Gasteiger partial charge in [0, 0.05) is 52.2 Å². The molecule has 0 spiro atoms. The average molecular weight is 465 g/mol. The Morgan fingerprint density at radius 3 is 2.56 bits per heavy atom. The largest absolute Gasteiger partial charge is 0.497 e. The van der Waals surface area contributed by atoms with E-state index in [9.17, 15) is 9.59 Å². The molecule has 2 amide bonds. The number of likely N-dealkylation sites (N-methyl/N-ethyl adjacent to an activating group) is 1. The van der Waals surface area contributed by atoms with E-state index in [0.29, 0.717) is 18.8 Å². The Labute approximate surface area is 199 Å². The van der Waals surface area contributed by atoms with Crippen molar-refractivity contribution in [3.63, 3.8) is 0 Å². The van der Waals surface area contributed by atoms with Crippen molar-refractivity contribution >= 4 is 34.2 Å². The molecule has 2 aromatic carbocycles. The quantitative estimate of drug-likeness (QED) is 0.602. The van der Waals surface area contributed by atoms with Crippen molar-refractivity contribution in [3.8, 4) is 5.75 Å². The summed E-state index contributed by atoms with van der Waals surface area (Å²) in [5.41, 5.74) is 3.58. The van der Waals surface area contributed by atoms with Crippen LogP contribution in [0.5, 0.6) is 5.75 Å². The van der Waals surface area contributed by atoms with Gasteiger partial charge in [0.2, 0.25) is 11.8 Å². The van der Waals surface area contributed by atoms with Crippen LogP contribution in [0, 0.1) is 6.92 Å². The van der Waals surface area contributed by atoms with Gasteiger partial charge < -0.3 is 24.4 Å². The third-order valence-electron chi connectivity index (χ3n) is 6.39. The second kappa shape index (κ2) is 9.72. The van der Waals surface area contributed by atoms with Gasteiger partial charge in [0.15, 0.2) is 0 Å². The number of rotatable bonds is 6. The molecule has 1 atom stereocenters. The van der Waals surface area contributed by atoms with Gasteiger partial charge in [0.1, 0.15) is 17.6 Å². The fourth-order valence-electron chi connectivity index (χ4n) is 4.35. The Morgan fingerprint density at radius 1 is 1.15 bits per heavy atom. The van der Waals surface area contributed by atoms with Crippen molar-refractivity contribution in [3.05, 3.63) is 48.3 Å². The number of piperazine rings is 1. The number of nitrogens with one attached hydrogen (secondary N) is 1. The SMILES string of the molecule is COc1ccc(N2CCN(CC(=O)Nc3ccc4c(c3)nc(C)n4C)C(C(=O)N(C)C)C2)cc1. The van der Waals surface area contributed by atoms with Crippen LogP contribution in [-0.2, 0) is 16.6 Å². The molecule has 1 saturated heterocycles. The van der Waals surface area contributed by atoms with E-state index in [1.54, 1.807) is 26.1 Å². The number of aryl methyl sites for hydroxylation is 2. The van der Waals surface area contributed by atoms with Crippen molar-refractivity contribution in [1.82, 2.24) is 19.4 Å². The van der Waals surface area contributed by atoms with Gasteiger partial charge in [-0.25, -0.2) is 4.98 Å². The Hall–Kier alpha value is -3.59. The molecule has 2 heterocycles. The highest BCUT2D eigenvalue weighted by molar-refractivity contribution is 5.95. The van der Waals surface area contributed by atoms with Gasteiger partial charge in [-0.1, -0.05) is 0 Å². The standard InChI is InChI=1S/C25H32N6O3/c1-17-26-21-14-18(6-11-22(21)29(17)4)27-24(32)16-31-13-12-30(15-23(31)25(33)28(2)3)19-7-9-20(34-5)10-8-19/h6-11,14,23H,12-13,15-16H2,1-5H3,(H,27,32). The van der Waals surface area contributed by atoms with Crippen LogP contribution in [0.15, 0.2) is 42.5 Å². The lowest BCUT2D eigenvalue weighted by Crippen LogP contribution is -2.60. The normalized spacial score (nSPS) is 16.5. The predicted octanol–water partition coefficient (Wildman–Crippen LogP) is 2.11. The summed E-state index contributed by atoms with van der Waals surface area (Å²) in [6.07, 6.45) is 0. The number of hydrogen-bond donors (Lipinski definition) is 1. The second-order valence-corrected chi connectivity index (χ2v) is 8.83. The van der Waals surface area contributed by atoms with E-state index in [1.807, 2.05) is 65.9 Å². The van der Waals surface area contributed by atoms with Gasteiger partial charge in [-0.3, -0.25) is 14.5 Å². The maximum Gasteiger partial charge on any atom is 0.241 e. The molecule has 4 rings (SSSR count). The van der Waals surface area contributed by atoms with Crippen LogP contribution < -0.4 is 15.0 Å². The molecule has 0 aliphatic carbocycles. The van der Waals surface area contributed by atoms with Gasteiger partial charge in [-0.05, 0) is 49.4 Å². The summed E-state index contributed by atoms with van der Waals surface area (Å²) in [7, 11) is 7.10. The number of fused-ring (bicyclic) bond motifs is 1. The summed E-state index contributed by atoms with van der Waals surface area (Å²) < 4.78 is 7.27. The monoisotopic (exact) mass is 464 g/mol. The Bertz CT molecular complexity index is 1190. The number of aromatic nitrogens is 2. The first-order valence-corrected chi connectivity index (χ1v) is 11.3. The molecular formula is C25H32N6O3. The molecule has 180 valence electrons. The van der Waals surface area contributed by atoms with Crippen LogP contribution in [0.3, 0.4) is 0 Å². The molecule has 1 fully saturated rings. The zero-order chi connectivity index (χ0) is 24.4. The lowest BCUT2D eigenvalue weighted by molar-refractivity contribution is -0.135. The molecule has 9 nitrogen and oxygen atoms in total. The molecule has 3 aromatic rings. The van der Waals surface area contributed by atoms with Crippen LogP contribution in [0.1, 0.15) is 5.82 Å². The van der Waals surface area contributed by atoms with Crippen LogP contribution >= 0.6 is 0 Å². The number of amides is 2. The summed E-state index contributed by atoms with van der Waals surface area (Å²) in [6.45, 7) is 3.92. The summed E-state index contributed by atoms with van der Waals surface area (Å²) in [6, 6.07) is 13.1. The summed E-state index contributed by atoms with van der Waals surface area (Å²) >= 11 is 0. The number of ether oxygens (including phenoxy) is 1. The number of methoxy groups -OCH3 is 1. The highest BCUT2D eigenvalue weighted by Crippen LogP contribution is 2.23. The number of imidazole rings is 1. The molecule has 1 N–H and O–H groups in total. The highest BCUT2D eigenvalue weighted by Gasteiger charge is 2.34. The van der Waals surface area contributed by atoms with Crippen molar-refractivity contribution < 1.29 is 14.3 Å². The van der Waals surface area contributed by atoms with Gasteiger partial charge in [-0.15, -0.1) is 0 Å². The highest BCUT2D eigenvalue weighted by atomic mass is 16.5. The first kappa shape index (κ1) is 23.6. The summed E-state index contributed by atoms with van der Waals surface area (Å²) in [4.78, 5) is 36.2. The minimum absolute atomic E-state index is 0.0172. The molecule has 34 heavy (non-hydrogen) atoms. The van der Waals surface area contributed by atoms with Crippen molar-refractivity contribution in [2.45, 2.75) is 13.0 Å². The van der Waals surface area contributed by atoms with Gasteiger partial charge in [0.05, 0.1) is 24.7 Å². The van der Waals surface area contributed by atoms with Crippen molar-refractivity contribution in [2.75, 3.05) is 57.6 Å². The summed E-state index contributed by atoms with van der Waals surface area (Å²) in [5, 5.41) is 2.97. The smallest absolute Gasteiger partial charge is 0.241 e. The first-order valence-electron chi connectivity index (χ1n) is 11.3. The molecule has 1 aliphatic rings. The molecule has 1 aliphatic heterocycles. The lowest BCUT2D eigenvalue weighted by Gasteiger charge is -2.42. The van der Waals surface area contributed by atoms with E-state index in [2.05, 4.69) is 15.2 Å². The number of carbonyl (C=O) groups is 2. The van der Waals surface area contributed by atoms with Crippen molar-refractivity contribution in [1.29, 1.82) is 0 Å². The Kier molecular flexibility index (Phi) is 6.74. The molecule has 9 heteroatoms. The van der Waals surface area contributed by atoms with E-state index in [-0.39, 0.29) is 18.4 Å². The van der Waals surface area contributed by atoms with E-state index in [0.717, 1.165) is 34.8 Å². The number of anilines is 2. The van der Waals surface area contributed by atoms with Crippen molar-refractivity contribution in [2.24, 2.45) is 7.05 Å². The van der Waals surface area contributed by atoms with E-state index in [1.165, 1.54) is 0 Å². The zero-order valence-corrected chi connectivity index (χ0v) is 20.4. The number of hydrogen-bond acceptors (Lipinski definition) is 6. The first-order chi connectivity index (χ1) is 16.3. The third kappa shape index (κ3) is 4.84. The van der Waals surface area contributed by atoms with E-state index >= 15 is 0 Å². The number of benzene rings is 2. The van der Waals surface area contributed by atoms with Crippen LogP contribution in [0.4, 0.5) is 11.4 Å². The number of carbonyl (C=O) groups excluding carboxylic acids is 2. The molecular weight excluding hydrogens is 432 g/mol. The van der Waals surface area contributed by atoms with Gasteiger partial charge >= 0.3 is 0 Å². The minimum atomic E-state index is -0.419. The molecule has 1 aromatic heterocycles. The fourth-order valence-corrected chi connectivity index (χ4v) is 4.35. The average Bonchev–Trinajstić information content (AvgIpc) is 3.11. The van der Waals surface area contributed by atoms with Crippen LogP contribution in [0.25, 0.3) is 11.0 Å². The summed E-state index contributed by atoms with van der Waals surface area (Å²) in [5.74, 6) is 1.54. The zero-order valence-electron chi connectivity index (χ0n) is 20.4.